The molecule has 0 heterocycles. The highest BCUT2D eigenvalue weighted by molar-refractivity contribution is 5.78. The van der Waals surface area contributed by atoms with Crippen LogP contribution in [0, 0.1) is 0 Å². The lowest BCUT2D eigenvalue weighted by molar-refractivity contribution is 0.134. The zero-order chi connectivity index (χ0) is 13.8. The number of benzene rings is 1. The Hall–Kier alpha value is -1.39. The van der Waals surface area contributed by atoms with Crippen LogP contribution in [0.2, 0.25) is 0 Å². The van der Waals surface area contributed by atoms with Gasteiger partial charge < -0.3 is 15.1 Å². The molecular weight excluding hydrogens is 238 g/mol. The van der Waals surface area contributed by atoms with Gasteiger partial charge in [-0.1, -0.05) is 35.5 Å². The highest BCUT2D eigenvalue weighted by atomic mass is 16.6. The fourth-order valence-corrected chi connectivity index (χ4v) is 1.73. The molecule has 4 nitrogen and oxygen atoms in total. The highest BCUT2D eigenvalue weighted by Crippen LogP contribution is 1.95. The molecule has 0 unspecified atom stereocenters. The number of oxime groups is 1. The van der Waals surface area contributed by atoms with E-state index in [4.69, 9.17) is 4.84 Å². The van der Waals surface area contributed by atoms with Crippen LogP contribution in [0.5, 0.6) is 0 Å². The first-order valence-corrected chi connectivity index (χ1v) is 6.86. The Balaban J connectivity index is 2.00. The third-order valence-electron chi connectivity index (χ3n) is 2.82. The van der Waals surface area contributed by atoms with Crippen molar-refractivity contribution < 1.29 is 4.84 Å². The van der Waals surface area contributed by atoms with E-state index in [9.17, 15) is 0 Å². The van der Waals surface area contributed by atoms with E-state index in [2.05, 4.69) is 22.4 Å². The molecule has 1 aromatic carbocycles. The molecule has 1 aromatic rings. The van der Waals surface area contributed by atoms with E-state index in [0.717, 1.165) is 31.6 Å². The molecule has 0 spiro atoms. The van der Waals surface area contributed by atoms with Crippen LogP contribution in [0.1, 0.15) is 18.4 Å². The van der Waals surface area contributed by atoms with Crippen LogP contribution < -0.4 is 5.32 Å². The van der Waals surface area contributed by atoms with Gasteiger partial charge in [-0.2, -0.15) is 0 Å². The lowest BCUT2D eigenvalue weighted by atomic mass is 10.2. The minimum absolute atomic E-state index is 0.666. The van der Waals surface area contributed by atoms with E-state index in [1.807, 2.05) is 37.4 Å². The second-order valence-electron chi connectivity index (χ2n) is 4.59. The lowest BCUT2D eigenvalue weighted by Crippen LogP contribution is -2.24. The van der Waals surface area contributed by atoms with Gasteiger partial charge in [-0.25, -0.2) is 0 Å². The number of hydrogen-bond donors (Lipinski definition) is 1. The Bertz CT molecular complexity index is 341. The highest BCUT2D eigenvalue weighted by Gasteiger charge is 1.97. The second-order valence-corrected chi connectivity index (χ2v) is 4.59. The van der Waals surface area contributed by atoms with Crippen molar-refractivity contribution in [2.45, 2.75) is 12.8 Å². The average Bonchev–Trinajstić information content (AvgIpc) is 2.44. The summed E-state index contributed by atoms with van der Waals surface area (Å²) in [6.45, 7) is 3.90. The topological polar surface area (TPSA) is 36.9 Å². The Morgan fingerprint density at radius 1 is 1.21 bits per heavy atom. The molecular formula is C15H25N3O. The fourth-order valence-electron chi connectivity index (χ4n) is 1.73. The van der Waals surface area contributed by atoms with E-state index in [1.54, 1.807) is 6.21 Å². The van der Waals surface area contributed by atoms with Crippen LogP contribution in [0.3, 0.4) is 0 Å². The molecule has 0 fully saturated rings. The largest absolute Gasteiger partial charge is 0.396 e. The van der Waals surface area contributed by atoms with Crippen molar-refractivity contribution in [2.75, 3.05) is 40.3 Å². The van der Waals surface area contributed by atoms with Gasteiger partial charge in [0.25, 0.3) is 0 Å². The molecule has 0 atom stereocenters. The van der Waals surface area contributed by atoms with Gasteiger partial charge in [-0.3, -0.25) is 0 Å². The average molecular weight is 263 g/mol. The van der Waals surface area contributed by atoms with Gasteiger partial charge in [0.05, 0.1) is 6.21 Å². The third kappa shape index (κ3) is 8.35. The standard InChI is InChI=1S/C15H25N3O/c1-16-10-6-11-18(2)12-7-13-19-17-14-15-8-4-3-5-9-15/h3-5,8-9,14,16H,6-7,10-13H2,1-2H3/b17-14+. The molecule has 0 radical (unpaired) electrons. The molecule has 0 aliphatic rings. The zero-order valence-electron chi connectivity index (χ0n) is 12.0. The Kier molecular flexibility index (Phi) is 8.68. The minimum atomic E-state index is 0.666. The Labute approximate surface area is 116 Å². The van der Waals surface area contributed by atoms with Gasteiger partial charge in [0, 0.05) is 6.54 Å². The molecule has 19 heavy (non-hydrogen) atoms. The lowest BCUT2D eigenvalue weighted by Gasteiger charge is -2.15. The van der Waals surface area contributed by atoms with Gasteiger partial charge in [-0.15, -0.1) is 0 Å². The molecule has 1 N–H and O–H groups in total. The van der Waals surface area contributed by atoms with Gasteiger partial charge in [0.15, 0.2) is 0 Å². The molecule has 4 heteroatoms. The predicted octanol–water partition coefficient (Wildman–Crippen LogP) is 1.97. The summed E-state index contributed by atoms with van der Waals surface area (Å²) in [4.78, 5) is 7.57. The van der Waals surface area contributed by atoms with Gasteiger partial charge in [-0.05, 0) is 45.6 Å². The first-order valence-electron chi connectivity index (χ1n) is 6.86. The van der Waals surface area contributed by atoms with Crippen LogP contribution in [0.15, 0.2) is 35.5 Å². The molecule has 0 aliphatic carbocycles. The molecule has 1 rings (SSSR count). The van der Waals surface area contributed by atoms with Crippen molar-refractivity contribution in [1.82, 2.24) is 10.2 Å². The SMILES string of the molecule is CNCCCN(C)CCCO/N=C/c1ccccc1. The number of nitrogens with zero attached hydrogens (tertiary/aromatic N) is 2. The first kappa shape index (κ1) is 15.7. The van der Waals surface area contributed by atoms with Gasteiger partial charge in [0.2, 0.25) is 0 Å². The van der Waals surface area contributed by atoms with Gasteiger partial charge >= 0.3 is 0 Å². The van der Waals surface area contributed by atoms with Crippen molar-refractivity contribution >= 4 is 6.21 Å². The summed E-state index contributed by atoms with van der Waals surface area (Å²) in [5.74, 6) is 0. The summed E-state index contributed by atoms with van der Waals surface area (Å²) in [6.07, 6.45) is 3.93. The van der Waals surface area contributed by atoms with Crippen molar-refractivity contribution in [2.24, 2.45) is 5.16 Å². The number of hydrogen-bond acceptors (Lipinski definition) is 4. The number of rotatable bonds is 10. The molecule has 0 saturated heterocycles. The zero-order valence-corrected chi connectivity index (χ0v) is 12.0. The summed E-state index contributed by atoms with van der Waals surface area (Å²) < 4.78 is 0. The third-order valence-corrected chi connectivity index (χ3v) is 2.82. The van der Waals surface area contributed by atoms with Crippen LogP contribution in [0.25, 0.3) is 0 Å². The molecule has 0 aromatic heterocycles. The Morgan fingerprint density at radius 2 is 1.95 bits per heavy atom. The van der Waals surface area contributed by atoms with E-state index < -0.39 is 0 Å². The summed E-state index contributed by atoms with van der Waals surface area (Å²) in [6, 6.07) is 9.97. The van der Waals surface area contributed by atoms with Crippen LogP contribution in [-0.4, -0.2) is 51.5 Å². The second kappa shape index (κ2) is 10.5. The van der Waals surface area contributed by atoms with Crippen molar-refractivity contribution in [3.8, 4) is 0 Å². The summed E-state index contributed by atoms with van der Waals surface area (Å²) in [5, 5.41) is 7.11. The van der Waals surface area contributed by atoms with E-state index in [0.29, 0.717) is 6.61 Å². The monoisotopic (exact) mass is 263 g/mol. The van der Waals surface area contributed by atoms with Crippen LogP contribution in [0.4, 0.5) is 0 Å². The minimum Gasteiger partial charge on any atom is -0.396 e. The van der Waals surface area contributed by atoms with Crippen molar-refractivity contribution in [3.05, 3.63) is 35.9 Å². The summed E-state index contributed by atoms with van der Waals surface area (Å²) in [5.41, 5.74) is 1.06. The van der Waals surface area contributed by atoms with E-state index >= 15 is 0 Å². The van der Waals surface area contributed by atoms with Crippen LogP contribution in [-0.2, 0) is 4.84 Å². The molecule has 0 amide bonds. The molecule has 106 valence electrons. The van der Waals surface area contributed by atoms with Crippen molar-refractivity contribution in [3.63, 3.8) is 0 Å². The maximum Gasteiger partial charge on any atom is 0.118 e. The predicted molar refractivity (Wildman–Crippen MR) is 80.6 cm³/mol. The van der Waals surface area contributed by atoms with Crippen molar-refractivity contribution in [1.29, 1.82) is 0 Å². The smallest absolute Gasteiger partial charge is 0.118 e. The fraction of sp³-hybridized carbons (Fsp3) is 0.533. The first-order chi connectivity index (χ1) is 9.33. The normalized spacial score (nSPS) is 11.3. The summed E-state index contributed by atoms with van der Waals surface area (Å²) in [7, 11) is 4.13. The summed E-state index contributed by atoms with van der Waals surface area (Å²) >= 11 is 0. The number of nitrogens with one attached hydrogen (secondary N) is 1. The quantitative estimate of drug-likeness (QED) is 0.398. The maximum absolute atomic E-state index is 5.24. The molecule has 0 aliphatic heterocycles. The van der Waals surface area contributed by atoms with Gasteiger partial charge in [0.1, 0.15) is 6.61 Å². The van der Waals surface area contributed by atoms with Crippen LogP contribution >= 0.6 is 0 Å². The Morgan fingerprint density at radius 3 is 2.68 bits per heavy atom. The molecule has 0 saturated carbocycles. The maximum atomic E-state index is 5.24. The van der Waals surface area contributed by atoms with E-state index in [-0.39, 0.29) is 0 Å². The molecule has 0 bridgehead atoms. The van der Waals surface area contributed by atoms with E-state index in [1.165, 1.54) is 6.42 Å².